The Morgan fingerprint density at radius 1 is 1.50 bits per heavy atom. The average molecular weight is 259 g/mol. The minimum atomic E-state index is -0.796. The van der Waals surface area contributed by atoms with Crippen LogP contribution in [0.3, 0.4) is 0 Å². The summed E-state index contributed by atoms with van der Waals surface area (Å²) in [6.07, 6.45) is 0.616. The zero-order valence-electron chi connectivity index (χ0n) is 7.21. The molecule has 1 saturated carbocycles. The molecule has 0 spiro atoms. The summed E-state index contributed by atoms with van der Waals surface area (Å²) in [5.74, 6) is -1.47. The molecule has 2 nitrogen and oxygen atoms in total. The maximum atomic E-state index is 13.0. The Morgan fingerprint density at radius 2 is 2.21 bits per heavy atom. The largest absolute Gasteiger partial charge is 0.481 e. The lowest BCUT2D eigenvalue weighted by Crippen LogP contribution is -1.99. The van der Waals surface area contributed by atoms with Crippen molar-refractivity contribution in [1.82, 2.24) is 0 Å². The summed E-state index contributed by atoms with van der Waals surface area (Å²) in [7, 11) is 0. The fourth-order valence-corrected chi connectivity index (χ4v) is 2.11. The molecule has 0 amide bonds. The lowest BCUT2D eigenvalue weighted by Gasteiger charge is -2.00. The fourth-order valence-electron chi connectivity index (χ4n) is 1.63. The second kappa shape index (κ2) is 3.35. The van der Waals surface area contributed by atoms with E-state index >= 15 is 0 Å². The number of benzene rings is 1. The van der Waals surface area contributed by atoms with Crippen molar-refractivity contribution in [2.45, 2.75) is 12.3 Å². The highest BCUT2D eigenvalue weighted by Crippen LogP contribution is 2.48. The van der Waals surface area contributed by atoms with Gasteiger partial charge in [0.15, 0.2) is 0 Å². The minimum absolute atomic E-state index is 0.0144. The maximum absolute atomic E-state index is 13.0. The first-order chi connectivity index (χ1) is 6.58. The highest BCUT2D eigenvalue weighted by molar-refractivity contribution is 9.10. The van der Waals surface area contributed by atoms with E-state index in [9.17, 15) is 9.18 Å². The molecule has 0 saturated heterocycles. The SMILES string of the molecule is O=C(O)C1CC1c1cc(F)cc(Br)c1. The van der Waals surface area contributed by atoms with Gasteiger partial charge in [0.2, 0.25) is 0 Å². The number of carboxylic acids is 1. The number of carbonyl (C=O) groups is 1. The molecule has 0 bridgehead atoms. The Bertz CT molecular complexity index is 371. The van der Waals surface area contributed by atoms with Crippen LogP contribution in [0.4, 0.5) is 4.39 Å². The predicted molar refractivity (Wildman–Crippen MR) is 52.6 cm³/mol. The van der Waals surface area contributed by atoms with Crippen LogP contribution in [-0.4, -0.2) is 11.1 Å². The maximum Gasteiger partial charge on any atom is 0.307 e. The molecule has 74 valence electrons. The van der Waals surface area contributed by atoms with Gasteiger partial charge in [0, 0.05) is 4.47 Å². The predicted octanol–water partition coefficient (Wildman–Crippen LogP) is 2.78. The van der Waals surface area contributed by atoms with Gasteiger partial charge in [0.1, 0.15) is 5.82 Å². The number of rotatable bonds is 2. The molecule has 0 aliphatic heterocycles. The van der Waals surface area contributed by atoms with Gasteiger partial charge in [-0.1, -0.05) is 15.9 Å². The van der Waals surface area contributed by atoms with Crippen molar-refractivity contribution < 1.29 is 14.3 Å². The molecule has 1 fully saturated rings. The van der Waals surface area contributed by atoms with Gasteiger partial charge in [-0.25, -0.2) is 4.39 Å². The first kappa shape index (κ1) is 9.65. The third kappa shape index (κ3) is 1.80. The monoisotopic (exact) mass is 258 g/mol. The molecule has 1 N–H and O–H groups in total. The van der Waals surface area contributed by atoms with Gasteiger partial charge in [-0.3, -0.25) is 4.79 Å². The lowest BCUT2D eigenvalue weighted by atomic mass is 10.1. The Kier molecular flexibility index (Phi) is 2.31. The van der Waals surface area contributed by atoms with Gasteiger partial charge in [-0.15, -0.1) is 0 Å². The Hall–Kier alpha value is -0.900. The summed E-state index contributed by atoms with van der Waals surface area (Å²) >= 11 is 3.18. The normalized spacial score (nSPS) is 24.7. The summed E-state index contributed by atoms with van der Waals surface area (Å²) in [5, 5.41) is 8.72. The van der Waals surface area contributed by atoms with Crippen molar-refractivity contribution in [3.63, 3.8) is 0 Å². The molecule has 1 aromatic rings. The molecule has 2 atom stereocenters. The molecule has 4 heteroatoms. The van der Waals surface area contributed by atoms with E-state index in [4.69, 9.17) is 5.11 Å². The highest BCUT2D eigenvalue weighted by atomic mass is 79.9. The average Bonchev–Trinajstić information content (AvgIpc) is 2.79. The molecule has 2 rings (SSSR count). The van der Waals surface area contributed by atoms with E-state index in [1.165, 1.54) is 12.1 Å². The number of hydrogen-bond acceptors (Lipinski definition) is 1. The van der Waals surface area contributed by atoms with E-state index in [0.717, 1.165) is 5.56 Å². The first-order valence-corrected chi connectivity index (χ1v) is 5.06. The topological polar surface area (TPSA) is 37.3 Å². The van der Waals surface area contributed by atoms with Crippen molar-refractivity contribution in [1.29, 1.82) is 0 Å². The first-order valence-electron chi connectivity index (χ1n) is 4.26. The third-order valence-corrected chi connectivity index (χ3v) is 2.88. The molecular formula is C10H8BrFO2. The fraction of sp³-hybridized carbons (Fsp3) is 0.300. The van der Waals surface area contributed by atoms with E-state index in [2.05, 4.69) is 15.9 Å². The van der Waals surface area contributed by atoms with Crippen LogP contribution in [0, 0.1) is 11.7 Å². The van der Waals surface area contributed by atoms with Gasteiger partial charge in [-0.05, 0) is 36.1 Å². The van der Waals surface area contributed by atoms with Gasteiger partial charge in [0.05, 0.1) is 5.92 Å². The number of carboxylic acid groups (broad SMARTS) is 1. The Morgan fingerprint density at radius 3 is 2.71 bits per heavy atom. The van der Waals surface area contributed by atoms with Crippen LogP contribution >= 0.6 is 15.9 Å². The van der Waals surface area contributed by atoms with Gasteiger partial charge in [0.25, 0.3) is 0 Å². The van der Waals surface area contributed by atoms with Crippen molar-refractivity contribution in [3.05, 3.63) is 34.1 Å². The van der Waals surface area contributed by atoms with Crippen molar-refractivity contribution in [3.8, 4) is 0 Å². The molecule has 1 aliphatic carbocycles. The van der Waals surface area contributed by atoms with Crippen molar-refractivity contribution in [2.75, 3.05) is 0 Å². The molecule has 14 heavy (non-hydrogen) atoms. The van der Waals surface area contributed by atoms with Crippen LogP contribution in [-0.2, 0) is 4.79 Å². The van der Waals surface area contributed by atoms with E-state index in [1.54, 1.807) is 6.07 Å². The van der Waals surface area contributed by atoms with Crippen LogP contribution in [0.15, 0.2) is 22.7 Å². The van der Waals surface area contributed by atoms with E-state index in [1.807, 2.05) is 0 Å². The van der Waals surface area contributed by atoms with Gasteiger partial charge >= 0.3 is 5.97 Å². The van der Waals surface area contributed by atoms with E-state index < -0.39 is 5.97 Å². The molecule has 1 aromatic carbocycles. The standard InChI is InChI=1S/C10H8BrFO2/c11-6-1-5(2-7(12)3-6)8-4-9(8)10(13)14/h1-3,8-9H,4H2,(H,13,14). The number of aliphatic carboxylic acids is 1. The second-order valence-corrected chi connectivity index (χ2v) is 4.41. The summed E-state index contributed by atoms with van der Waals surface area (Å²) in [4.78, 5) is 10.6. The zero-order chi connectivity index (χ0) is 10.3. The van der Waals surface area contributed by atoms with Gasteiger partial charge in [-0.2, -0.15) is 0 Å². The smallest absolute Gasteiger partial charge is 0.307 e. The quantitative estimate of drug-likeness (QED) is 0.886. The third-order valence-electron chi connectivity index (χ3n) is 2.42. The minimum Gasteiger partial charge on any atom is -0.481 e. The summed E-state index contributed by atoms with van der Waals surface area (Å²) < 4.78 is 13.6. The van der Waals surface area contributed by atoms with Gasteiger partial charge < -0.3 is 5.11 Å². The van der Waals surface area contributed by atoms with Crippen LogP contribution in [0.25, 0.3) is 0 Å². The van der Waals surface area contributed by atoms with E-state index in [0.29, 0.717) is 10.9 Å². The molecule has 0 radical (unpaired) electrons. The molecule has 0 heterocycles. The summed E-state index contributed by atoms with van der Waals surface area (Å²) in [6, 6.07) is 4.54. The zero-order valence-corrected chi connectivity index (χ0v) is 8.79. The molecular weight excluding hydrogens is 251 g/mol. The number of hydrogen-bond donors (Lipinski definition) is 1. The Balaban J connectivity index is 2.23. The molecule has 0 aromatic heterocycles. The lowest BCUT2D eigenvalue weighted by molar-refractivity contribution is -0.138. The molecule has 2 unspecified atom stereocenters. The van der Waals surface area contributed by atoms with Crippen LogP contribution in [0.1, 0.15) is 17.9 Å². The summed E-state index contributed by atoms with van der Waals surface area (Å²) in [6.45, 7) is 0. The van der Waals surface area contributed by atoms with Crippen LogP contribution < -0.4 is 0 Å². The van der Waals surface area contributed by atoms with Crippen LogP contribution in [0.2, 0.25) is 0 Å². The van der Waals surface area contributed by atoms with Crippen molar-refractivity contribution in [2.24, 2.45) is 5.92 Å². The molecule has 1 aliphatic rings. The second-order valence-electron chi connectivity index (χ2n) is 3.49. The van der Waals surface area contributed by atoms with E-state index in [-0.39, 0.29) is 17.7 Å². The Labute approximate surface area is 88.9 Å². The van der Waals surface area contributed by atoms with Crippen LogP contribution in [0.5, 0.6) is 0 Å². The summed E-state index contributed by atoms with van der Waals surface area (Å²) in [5.41, 5.74) is 0.768. The van der Waals surface area contributed by atoms with Crippen molar-refractivity contribution >= 4 is 21.9 Å². The number of halogens is 2. The highest BCUT2D eigenvalue weighted by Gasteiger charge is 2.44.